The Labute approximate surface area is 211 Å². The number of amides is 1. The van der Waals surface area contributed by atoms with E-state index in [0.29, 0.717) is 28.1 Å². The molecule has 0 aliphatic carbocycles. The lowest BCUT2D eigenvalue weighted by molar-refractivity contribution is 0.101. The number of rotatable bonds is 7. The van der Waals surface area contributed by atoms with E-state index in [4.69, 9.17) is 16.1 Å². The number of thiophene rings is 1. The van der Waals surface area contributed by atoms with Gasteiger partial charge >= 0.3 is 0 Å². The number of nitrogens with zero attached hydrogens (tertiary/aromatic N) is 1. The number of Topliss-reactive ketones (excluding diaryl/α,β-unsaturated/α-hetero) is 1. The van der Waals surface area contributed by atoms with Crippen LogP contribution in [0.25, 0.3) is 11.1 Å². The summed E-state index contributed by atoms with van der Waals surface area (Å²) in [5, 5.41) is 7.94. The molecule has 0 spiro atoms. The fourth-order valence-corrected chi connectivity index (χ4v) is 5.96. The van der Waals surface area contributed by atoms with Crippen molar-refractivity contribution in [1.82, 2.24) is 5.16 Å². The van der Waals surface area contributed by atoms with Gasteiger partial charge in [-0.15, -0.1) is 11.3 Å². The van der Waals surface area contributed by atoms with Crippen molar-refractivity contribution in [3.8, 4) is 11.1 Å². The van der Waals surface area contributed by atoms with Crippen LogP contribution in [0.2, 0.25) is 5.02 Å². The smallest absolute Gasteiger partial charge is 0.267 e. The second-order valence-corrected chi connectivity index (χ2v) is 10.7. The molecule has 4 aromatic rings. The third-order valence-electron chi connectivity index (χ3n) is 5.16. The molecule has 0 radical (unpaired) electrons. The summed E-state index contributed by atoms with van der Waals surface area (Å²) >= 11 is 6.99. The summed E-state index contributed by atoms with van der Waals surface area (Å²) in [6, 6.07) is 13.8. The van der Waals surface area contributed by atoms with Gasteiger partial charge < -0.3 is 9.84 Å². The molecule has 2 N–H and O–H groups in total. The van der Waals surface area contributed by atoms with E-state index in [9.17, 15) is 18.0 Å². The molecule has 0 atom stereocenters. The Hall–Kier alpha value is -3.47. The highest BCUT2D eigenvalue weighted by molar-refractivity contribution is 7.93. The van der Waals surface area contributed by atoms with Crippen LogP contribution >= 0.6 is 22.9 Å². The minimum absolute atomic E-state index is 0.0307. The molecule has 0 unspecified atom stereocenters. The number of sulfonamides is 1. The number of anilines is 2. The van der Waals surface area contributed by atoms with Gasteiger partial charge in [-0.25, -0.2) is 13.1 Å². The molecule has 2 aromatic carbocycles. The first kappa shape index (κ1) is 24.6. The van der Waals surface area contributed by atoms with Crippen molar-refractivity contribution in [2.45, 2.75) is 25.7 Å². The number of aromatic nitrogens is 1. The van der Waals surface area contributed by atoms with Gasteiger partial charge in [-0.3, -0.25) is 9.59 Å². The molecule has 0 aliphatic heterocycles. The van der Waals surface area contributed by atoms with Crippen LogP contribution in [0, 0.1) is 13.8 Å². The lowest BCUT2D eigenvalue weighted by atomic mass is 9.94. The maximum absolute atomic E-state index is 13.2. The zero-order valence-electron chi connectivity index (χ0n) is 18.9. The van der Waals surface area contributed by atoms with Gasteiger partial charge in [0.05, 0.1) is 0 Å². The van der Waals surface area contributed by atoms with E-state index in [2.05, 4.69) is 15.2 Å². The second-order valence-electron chi connectivity index (χ2n) is 7.74. The second kappa shape index (κ2) is 9.65. The Kier molecular flexibility index (Phi) is 6.79. The number of carbonyl (C=O) groups is 2. The Morgan fingerprint density at radius 3 is 2.49 bits per heavy atom. The van der Waals surface area contributed by atoms with Gasteiger partial charge in [0.2, 0.25) is 0 Å². The van der Waals surface area contributed by atoms with Crippen molar-refractivity contribution in [2.24, 2.45) is 0 Å². The average Bonchev–Trinajstić information content (AvgIpc) is 3.43. The molecule has 35 heavy (non-hydrogen) atoms. The number of aryl methyl sites for hydroxylation is 2. The highest BCUT2D eigenvalue weighted by Gasteiger charge is 2.27. The molecular weight excluding hydrogens is 510 g/mol. The summed E-state index contributed by atoms with van der Waals surface area (Å²) in [4.78, 5) is 25.2. The summed E-state index contributed by atoms with van der Waals surface area (Å²) in [6.07, 6.45) is 0. The van der Waals surface area contributed by atoms with Crippen LogP contribution < -0.4 is 10.0 Å². The monoisotopic (exact) mass is 529 g/mol. The Balaban J connectivity index is 1.67. The first-order valence-electron chi connectivity index (χ1n) is 10.3. The van der Waals surface area contributed by atoms with Crippen LogP contribution in [-0.4, -0.2) is 25.3 Å². The normalized spacial score (nSPS) is 11.3. The summed E-state index contributed by atoms with van der Waals surface area (Å²) in [7, 11) is -4.20. The minimum atomic E-state index is -4.20. The van der Waals surface area contributed by atoms with Gasteiger partial charge in [-0.2, -0.15) is 0 Å². The maximum atomic E-state index is 13.2. The van der Waals surface area contributed by atoms with Crippen LogP contribution in [0.15, 0.2) is 63.3 Å². The molecule has 8 nitrogen and oxygen atoms in total. The van der Waals surface area contributed by atoms with E-state index >= 15 is 0 Å². The van der Waals surface area contributed by atoms with Crippen LogP contribution in [0.5, 0.6) is 0 Å². The van der Waals surface area contributed by atoms with Crippen molar-refractivity contribution in [3.05, 3.63) is 80.6 Å². The van der Waals surface area contributed by atoms with Crippen LogP contribution in [0.4, 0.5) is 11.6 Å². The number of ketones is 1. The van der Waals surface area contributed by atoms with Gasteiger partial charge in [-0.05, 0) is 49.9 Å². The minimum Gasteiger partial charge on any atom is -0.336 e. The number of benzene rings is 2. The third-order valence-corrected chi connectivity index (χ3v) is 8.02. The van der Waals surface area contributed by atoms with Gasteiger partial charge in [0.15, 0.2) is 5.78 Å². The van der Waals surface area contributed by atoms with Crippen molar-refractivity contribution in [1.29, 1.82) is 0 Å². The van der Waals surface area contributed by atoms with E-state index in [0.717, 1.165) is 16.9 Å². The molecule has 180 valence electrons. The number of nitrogens with one attached hydrogen (secondary N) is 2. The van der Waals surface area contributed by atoms with Crippen LogP contribution in [0.3, 0.4) is 0 Å². The maximum Gasteiger partial charge on any atom is 0.267 e. The van der Waals surface area contributed by atoms with E-state index in [-0.39, 0.29) is 26.5 Å². The van der Waals surface area contributed by atoms with Crippen molar-refractivity contribution < 1.29 is 22.5 Å². The zero-order chi connectivity index (χ0) is 25.3. The predicted octanol–water partition coefficient (Wildman–Crippen LogP) is 5.93. The molecule has 11 heteroatoms. The van der Waals surface area contributed by atoms with Crippen molar-refractivity contribution in [3.63, 3.8) is 0 Å². The quantitative estimate of drug-likeness (QED) is 0.286. The Bertz CT molecular complexity index is 1560. The Morgan fingerprint density at radius 2 is 1.80 bits per heavy atom. The zero-order valence-corrected chi connectivity index (χ0v) is 21.3. The van der Waals surface area contributed by atoms with E-state index in [1.54, 1.807) is 37.3 Å². The number of halogens is 1. The SMILES string of the molecule is CC(=O)c1cc(C)ccc1-c1ccccc1NC(=O)c1sccc1S(=O)(=O)Nc1onc(C)c1Cl. The van der Waals surface area contributed by atoms with Gasteiger partial charge in [0, 0.05) is 16.8 Å². The van der Waals surface area contributed by atoms with Gasteiger partial charge in [-0.1, -0.05) is 52.7 Å². The van der Waals surface area contributed by atoms with Crippen LogP contribution in [0.1, 0.15) is 38.2 Å². The van der Waals surface area contributed by atoms with Gasteiger partial charge in [0.1, 0.15) is 20.5 Å². The molecule has 2 heterocycles. The van der Waals surface area contributed by atoms with E-state index < -0.39 is 15.9 Å². The predicted molar refractivity (Wildman–Crippen MR) is 136 cm³/mol. The average molecular weight is 530 g/mol. The molecule has 0 saturated carbocycles. The first-order valence-corrected chi connectivity index (χ1v) is 13.1. The summed E-state index contributed by atoms with van der Waals surface area (Å²) in [5.41, 5.74) is 3.51. The first-order chi connectivity index (χ1) is 16.6. The standard InChI is InChI=1S/C24H20ClN3O5S2/c1-13-8-9-16(18(12-13)15(3)29)17-6-4-5-7-19(17)26-23(30)22-20(10-11-34-22)35(31,32)28-24-21(25)14(2)27-33-24/h4-12,28H,1-3H3,(H,26,30). The molecule has 0 fully saturated rings. The topological polar surface area (TPSA) is 118 Å². The molecule has 4 rings (SSSR count). The number of para-hydroxylation sites is 1. The third kappa shape index (κ3) is 5.00. The lowest BCUT2D eigenvalue weighted by Gasteiger charge is -2.14. The molecule has 1 amide bonds. The van der Waals surface area contributed by atoms with Crippen molar-refractivity contribution >= 4 is 56.2 Å². The van der Waals surface area contributed by atoms with Gasteiger partial charge in [0.25, 0.3) is 21.8 Å². The fourth-order valence-electron chi connectivity index (χ4n) is 3.46. The lowest BCUT2D eigenvalue weighted by Crippen LogP contribution is -2.18. The summed E-state index contributed by atoms with van der Waals surface area (Å²) in [5.74, 6) is -0.962. The molecule has 0 bridgehead atoms. The van der Waals surface area contributed by atoms with Crippen molar-refractivity contribution in [2.75, 3.05) is 10.0 Å². The largest absolute Gasteiger partial charge is 0.336 e. The molecule has 0 aliphatic rings. The number of hydrogen-bond acceptors (Lipinski definition) is 7. The Morgan fingerprint density at radius 1 is 1.06 bits per heavy atom. The van der Waals surface area contributed by atoms with E-state index in [1.807, 2.05) is 19.1 Å². The molecule has 2 aromatic heterocycles. The number of hydrogen-bond donors (Lipinski definition) is 2. The van der Waals surface area contributed by atoms with Crippen LogP contribution in [-0.2, 0) is 10.0 Å². The summed E-state index contributed by atoms with van der Waals surface area (Å²) in [6.45, 7) is 4.94. The molecular formula is C24H20ClN3O5S2. The molecule has 0 saturated heterocycles. The number of carbonyl (C=O) groups excluding carboxylic acids is 2. The highest BCUT2D eigenvalue weighted by Crippen LogP contribution is 2.34. The van der Waals surface area contributed by atoms with E-state index in [1.165, 1.54) is 18.4 Å². The highest BCUT2D eigenvalue weighted by atomic mass is 35.5. The summed E-state index contributed by atoms with van der Waals surface area (Å²) < 4.78 is 33.1. The fraction of sp³-hybridized carbons (Fsp3) is 0.125.